The molecule has 2 aromatic carbocycles. The molecule has 4 heteroatoms. The van der Waals surface area contributed by atoms with Gasteiger partial charge in [0.2, 0.25) is 5.91 Å². The second-order valence-corrected chi connectivity index (χ2v) is 5.15. The van der Waals surface area contributed by atoms with Gasteiger partial charge in [0.1, 0.15) is 12.4 Å². The molecule has 0 aliphatic carbocycles. The molecule has 110 valence electrons. The highest BCUT2D eigenvalue weighted by Crippen LogP contribution is 2.17. The van der Waals surface area contributed by atoms with Crippen molar-refractivity contribution in [3.05, 3.63) is 60.2 Å². The molecule has 0 heterocycles. The average Bonchev–Trinajstić information content (AvgIpc) is 2.54. The van der Waals surface area contributed by atoms with Gasteiger partial charge in [-0.05, 0) is 29.8 Å². The maximum absolute atomic E-state index is 11.7. The fourth-order valence-electron chi connectivity index (χ4n) is 1.71. The SMILES string of the molecule is CC(CCl)C(=O)Nc1ccc(OCc2ccccc2)cc1. The number of rotatable bonds is 6. The van der Waals surface area contributed by atoms with E-state index in [4.69, 9.17) is 16.3 Å². The molecule has 1 N–H and O–H groups in total. The molecule has 0 radical (unpaired) electrons. The van der Waals surface area contributed by atoms with E-state index in [1.165, 1.54) is 0 Å². The summed E-state index contributed by atoms with van der Waals surface area (Å²) in [6.45, 7) is 2.31. The summed E-state index contributed by atoms with van der Waals surface area (Å²) in [6, 6.07) is 17.3. The molecule has 0 saturated heterocycles. The molecule has 0 aromatic heterocycles. The van der Waals surface area contributed by atoms with Gasteiger partial charge in [-0.2, -0.15) is 0 Å². The van der Waals surface area contributed by atoms with Gasteiger partial charge in [-0.1, -0.05) is 37.3 Å². The highest BCUT2D eigenvalue weighted by atomic mass is 35.5. The number of alkyl halides is 1. The molecule has 0 bridgehead atoms. The van der Waals surface area contributed by atoms with E-state index in [-0.39, 0.29) is 11.8 Å². The van der Waals surface area contributed by atoms with Crippen LogP contribution in [0.25, 0.3) is 0 Å². The number of halogens is 1. The molecule has 0 saturated carbocycles. The van der Waals surface area contributed by atoms with Gasteiger partial charge in [0.05, 0.1) is 0 Å². The van der Waals surface area contributed by atoms with Crippen molar-refractivity contribution in [2.24, 2.45) is 5.92 Å². The smallest absolute Gasteiger partial charge is 0.228 e. The van der Waals surface area contributed by atoms with E-state index >= 15 is 0 Å². The van der Waals surface area contributed by atoms with E-state index in [9.17, 15) is 4.79 Å². The van der Waals surface area contributed by atoms with Gasteiger partial charge < -0.3 is 10.1 Å². The van der Waals surface area contributed by atoms with E-state index in [2.05, 4.69) is 5.32 Å². The van der Waals surface area contributed by atoms with Crippen LogP contribution in [-0.4, -0.2) is 11.8 Å². The monoisotopic (exact) mass is 303 g/mol. The highest BCUT2D eigenvalue weighted by molar-refractivity contribution is 6.19. The van der Waals surface area contributed by atoms with Crippen molar-refractivity contribution >= 4 is 23.2 Å². The van der Waals surface area contributed by atoms with Crippen molar-refractivity contribution in [1.82, 2.24) is 0 Å². The minimum Gasteiger partial charge on any atom is -0.489 e. The number of hydrogen-bond acceptors (Lipinski definition) is 2. The maximum atomic E-state index is 11.7. The summed E-state index contributed by atoms with van der Waals surface area (Å²) in [5, 5.41) is 2.81. The lowest BCUT2D eigenvalue weighted by Crippen LogP contribution is -2.21. The van der Waals surface area contributed by atoms with E-state index in [1.54, 1.807) is 6.92 Å². The first-order valence-electron chi connectivity index (χ1n) is 6.82. The normalized spacial score (nSPS) is 11.7. The lowest BCUT2D eigenvalue weighted by atomic mass is 10.2. The largest absolute Gasteiger partial charge is 0.489 e. The molecule has 0 spiro atoms. The van der Waals surface area contributed by atoms with Crippen molar-refractivity contribution in [1.29, 1.82) is 0 Å². The van der Waals surface area contributed by atoms with Crippen LogP contribution in [0, 0.1) is 5.92 Å². The highest BCUT2D eigenvalue weighted by Gasteiger charge is 2.11. The zero-order chi connectivity index (χ0) is 15.1. The van der Waals surface area contributed by atoms with E-state index in [0.717, 1.165) is 17.0 Å². The fourth-order valence-corrected chi connectivity index (χ4v) is 1.85. The number of benzene rings is 2. The number of nitrogens with one attached hydrogen (secondary N) is 1. The molecule has 0 aliphatic rings. The number of hydrogen-bond donors (Lipinski definition) is 1. The molecule has 21 heavy (non-hydrogen) atoms. The second-order valence-electron chi connectivity index (χ2n) is 4.84. The summed E-state index contributed by atoms with van der Waals surface area (Å²) < 4.78 is 5.69. The number of amides is 1. The summed E-state index contributed by atoms with van der Waals surface area (Å²) in [5.41, 5.74) is 1.86. The number of ether oxygens (including phenoxy) is 1. The quantitative estimate of drug-likeness (QED) is 0.817. The predicted octanol–water partition coefficient (Wildman–Crippen LogP) is 4.08. The van der Waals surface area contributed by atoms with Gasteiger partial charge in [-0.15, -0.1) is 11.6 Å². The molecule has 1 amide bonds. The Morgan fingerprint density at radius 3 is 2.43 bits per heavy atom. The van der Waals surface area contributed by atoms with Crippen LogP contribution in [-0.2, 0) is 11.4 Å². The van der Waals surface area contributed by atoms with Crippen LogP contribution >= 0.6 is 11.6 Å². The van der Waals surface area contributed by atoms with E-state index in [1.807, 2.05) is 54.6 Å². The molecule has 3 nitrogen and oxygen atoms in total. The van der Waals surface area contributed by atoms with Crippen molar-refractivity contribution in [3.63, 3.8) is 0 Å². The predicted molar refractivity (Wildman–Crippen MR) is 85.7 cm³/mol. The van der Waals surface area contributed by atoms with Gasteiger partial charge in [0.15, 0.2) is 0 Å². The van der Waals surface area contributed by atoms with Gasteiger partial charge in [-0.3, -0.25) is 4.79 Å². The summed E-state index contributed by atoms with van der Waals surface area (Å²) in [6.07, 6.45) is 0. The van der Waals surface area contributed by atoms with E-state index < -0.39 is 0 Å². The number of carbonyl (C=O) groups excluding carboxylic acids is 1. The van der Waals surface area contributed by atoms with E-state index in [0.29, 0.717) is 12.5 Å². The summed E-state index contributed by atoms with van der Waals surface area (Å²) in [4.78, 5) is 11.7. The van der Waals surface area contributed by atoms with Crippen molar-refractivity contribution in [2.45, 2.75) is 13.5 Å². The Kier molecular flexibility index (Phi) is 5.64. The third kappa shape index (κ3) is 4.80. The van der Waals surface area contributed by atoms with Crippen molar-refractivity contribution < 1.29 is 9.53 Å². The Hall–Kier alpha value is -2.00. The van der Waals surface area contributed by atoms with Crippen LogP contribution in [0.2, 0.25) is 0 Å². The first-order valence-corrected chi connectivity index (χ1v) is 7.36. The van der Waals surface area contributed by atoms with Crippen LogP contribution in [0.1, 0.15) is 12.5 Å². The Balaban J connectivity index is 1.88. The topological polar surface area (TPSA) is 38.3 Å². The lowest BCUT2D eigenvalue weighted by Gasteiger charge is -2.10. The number of carbonyl (C=O) groups is 1. The maximum Gasteiger partial charge on any atom is 0.228 e. The van der Waals surface area contributed by atoms with Crippen LogP contribution in [0.5, 0.6) is 5.75 Å². The first-order chi connectivity index (χ1) is 10.2. The Morgan fingerprint density at radius 1 is 1.14 bits per heavy atom. The lowest BCUT2D eigenvalue weighted by molar-refractivity contribution is -0.118. The summed E-state index contributed by atoms with van der Waals surface area (Å²) >= 11 is 5.66. The van der Waals surface area contributed by atoms with Gasteiger partial charge in [0.25, 0.3) is 0 Å². The van der Waals surface area contributed by atoms with Crippen molar-refractivity contribution in [3.8, 4) is 5.75 Å². The Bertz CT molecular complexity index is 569. The standard InChI is InChI=1S/C17H18ClNO2/c1-13(11-18)17(20)19-15-7-9-16(10-8-15)21-12-14-5-3-2-4-6-14/h2-10,13H,11-12H2,1H3,(H,19,20). The zero-order valence-electron chi connectivity index (χ0n) is 11.9. The van der Waals surface area contributed by atoms with Crippen LogP contribution in [0.3, 0.4) is 0 Å². The molecule has 2 aromatic rings. The first kappa shape index (κ1) is 15.4. The molecule has 1 atom stereocenters. The van der Waals surface area contributed by atoms with Gasteiger partial charge in [-0.25, -0.2) is 0 Å². The van der Waals surface area contributed by atoms with Crippen LogP contribution < -0.4 is 10.1 Å². The average molecular weight is 304 g/mol. The third-order valence-corrected chi connectivity index (χ3v) is 3.51. The molecule has 2 rings (SSSR count). The number of anilines is 1. The molecular formula is C17H18ClNO2. The third-order valence-electron chi connectivity index (χ3n) is 3.05. The Morgan fingerprint density at radius 2 is 1.81 bits per heavy atom. The molecule has 0 fully saturated rings. The second kappa shape index (κ2) is 7.70. The van der Waals surface area contributed by atoms with Gasteiger partial charge in [0, 0.05) is 17.5 Å². The molecular weight excluding hydrogens is 286 g/mol. The minimum absolute atomic E-state index is 0.0806. The van der Waals surface area contributed by atoms with Crippen LogP contribution in [0.15, 0.2) is 54.6 Å². The fraction of sp³-hybridized carbons (Fsp3) is 0.235. The summed E-state index contributed by atoms with van der Waals surface area (Å²) in [5.74, 6) is 0.787. The van der Waals surface area contributed by atoms with Crippen molar-refractivity contribution in [2.75, 3.05) is 11.2 Å². The molecule has 1 unspecified atom stereocenters. The Labute approximate surface area is 129 Å². The zero-order valence-corrected chi connectivity index (χ0v) is 12.6. The van der Waals surface area contributed by atoms with Gasteiger partial charge >= 0.3 is 0 Å². The summed E-state index contributed by atoms with van der Waals surface area (Å²) in [7, 11) is 0. The minimum atomic E-state index is -0.208. The van der Waals surface area contributed by atoms with Crippen LogP contribution in [0.4, 0.5) is 5.69 Å². The molecule has 0 aliphatic heterocycles.